The number of nitrogens with zero attached hydrogens (tertiary/aromatic N) is 2. The lowest BCUT2D eigenvalue weighted by atomic mass is 9.92. The van der Waals surface area contributed by atoms with E-state index in [4.69, 9.17) is 4.98 Å². The van der Waals surface area contributed by atoms with Crippen LogP contribution in [0.2, 0.25) is 0 Å². The molecule has 0 atom stereocenters. The van der Waals surface area contributed by atoms with Gasteiger partial charge >= 0.3 is 0 Å². The number of hydrogen-bond acceptors (Lipinski definition) is 3. The molecule has 1 aromatic heterocycles. The molecule has 1 aliphatic rings. The Hall–Kier alpha value is -1.94. The van der Waals surface area contributed by atoms with Crippen LogP contribution >= 0.6 is 0 Å². The van der Waals surface area contributed by atoms with Crippen molar-refractivity contribution in [3.63, 3.8) is 0 Å². The SMILES string of the molecule is CCN(CC)CC(=O)Nc1c2c(nc3ccc(C)cc13)CCCC2. The first kappa shape index (κ1) is 16.9. The van der Waals surface area contributed by atoms with Crippen LogP contribution in [0.5, 0.6) is 0 Å². The zero-order valence-electron chi connectivity index (χ0n) is 15.0. The van der Waals surface area contributed by atoms with Gasteiger partial charge in [-0.1, -0.05) is 25.5 Å². The minimum absolute atomic E-state index is 0.0699. The molecule has 4 nitrogen and oxygen atoms in total. The standard InChI is InChI=1S/C20H27N3O/c1-4-23(5-2)13-19(24)22-20-15-8-6-7-9-17(15)21-18-11-10-14(3)12-16(18)20/h10-12H,4-9,13H2,1-3H3,(H,21,22,24). The second kappa shape index (κ2) is 7.31. The van der Waals surface area contributed by atoms with E-state index in [9.17, 15) is 4.79 Å². The lowest BCUT2D eigenvalue weighted by molar-refractivity contribution is -0.117. The Balaban J connectivity index is 2.01. The number of aromatic nitrogens is 1. The number of hydrogen-bond donors (Lipinski definition) is 1. The first-order valence-electron chi connectivity index (χ1n) is 9.06. The molecule has 0 aliphatic heterocycles. The molecule has 0 unspecified atom stereocenters. The highest BCUT2D eigenvalue weighted by atomic mass is 16.2. The summed E-state index contributed by atoms with van der Waals surface area (Å²) in [6.45, 7) is 8.47. The molecule has 4 heteroatoms. The number of nitrogens with one attached hydrogen (secondary N) is 1. The number of anilines is 1. The molecule has 0 spiro atoms. The van der Waals surface area contributed by atoms with E-state index in [2.05, 4.69) is 49.2 Å². The van der Waals surface area contributed by atoms with Crippen LogP contribution in [0.4, 0.5) is 5.69 Å². The van der Waals surface area contributed by atoms with Crippen molar-refractivity contribution in [2.75, 3.05) is 25.0 Å². The lowest BCUT2D eigenvalue weighted by Gasteiger charge is -2.23. The quantitative estimate of drug-likeness (QED) is 0.911. The monoisotopic (exact) mass is 325 g/mol. The first-order chi connectivity index (χ1) is 11.6. The fraction of sp³-hybridized carbons (Fsp3) is 0.500. The van der Waals surface area contributed by atoms with E-state index in [1.165, 1.54) is 24.0 Å². The number of carbonyl (C=O) groups is 1. The van der Waals surface area contributed by atoms with Gasteiger partial charge in [-0.25, -0.2) is 0 Å². The highest BCUT2D eigenvalue weighted by molar-refractivity contribution is 6.03. The Morgan fingerprint density at radius 2 is 1.96 bits per heavy atom. The van der Waals surface area contributed by atoms with E-state index in [0.29, 0.717) is 6.54 Å². The molecule has 0 bridgehead atoms. The molecule has 1 aliphatic carbocycles. The van der Waals surface area contributed by atoms with Gasteiger partial charge < -0.3 is 5.32 Å². The smallest absolute Gasteiger partial charge is 0.238 e. The van der Waals surface area contributed by atoms with E-state index in [-0.39, 0.29) is 5.91 Å². The zero-order valence-corrected chi connectivity index (χ0v) is 15.0. The van der Waals surface area contributed by atoms with Gasteiger partial charge in [0.15, 0.2) is 0 Å². The minimum atomic E-state index is 0.0699. The number of pyridine rings is 1. The number of rotatable bonds is 5. The van der Waals surface area contributed by atoms with Crippen molar-refractivity contribution in [3.05, 3.63) is 35.0 Å². The maximum absolute atomic E-state index is 12.6. The Labute approximate surface area is 144 Å². The van der Waals surface area contributed by atoms with Gasteiger partial charge in [-0.05, 0) is 63.4 Å². The predicted octanol–water partition coefficient (Wildman–Crippen LogP) is 3.70. The second-order valence-corrected chi connectivity index (χ2v) is 6.65. The van der Waals surface area contributed by atoms with Crippen LogP contribution in [0.3, 0.4) is 0 Å². The Bertz CT molecular complexity index is 750. The van der Waals surface area contributed by atoms with Gasteiger partial charge in [0, 0.05) is 11.1 Å². The third-order valence-electron chi connectivity index (χ3n) is 4.94. The molecule has 1 N–H and O–H groups in total. The third kappa shape index (κ3) is 3.44. The molecule has 1 aromatic carbocycles. The second-order valence-electron chi connectivity index (χ2n) is 6.65. The number of likely N-dealkylation sites (N-methyl/N-ethyl adjacent to an activating group) is 1. The lowest BCUT2D eigenvalue weighted by Crippen LogP contribution is -2.33. The molecule has 128 valence electrons. The number of aryl methyl sites for hydroxylation is 2. The summed E-state index contributed by atoms with van der Waals surface area (Å²) < 4.78 is 0. The van der Waals surface area contributed by atoms with Crippen LogP contribution in [0, 0.1) is 6.92 Å². The zero-order chi connectivity index (χ0) is 17.1. The first-order valence-corrected chi connectivity index (χ1v) is 9.06. The van der Waals surface area contributed by atoms with Crippen molar-refractivity contribution >= 4 is 22.5 Å². The Morgan fingerprint density at radius 3 is 2.71 bits per heavy atom. The number of benzene rings is 1. The summed E-state index contributed by atoms with van der Waals surface area (Å²) >= 11 is 0. The van der Waals surface area contributed by atoms with Crippen LogP contribution < -0.4 is 5.32 Å². The summed E-state index contributed by atoms with van der Waals surface area (Å²) in [6, 6.07) is 6.30. The van der Waals surface area contributed by atoms with Gasteiger partial charge in [0.25, 0.3) is 0 Å². The van der Waals surface area contributed by atoms with Gasteiger partial charge in [0.2, 0.25) is 5.91 Å². The van der Waals surface area contributed by atoms with E-state index < -0.39 is 0 Å². The molecule has 0 radical (unpaired) electrons. The van der Waals surface area contributed by atoms with Crippen molar-refractivity contribution in [3.8, 4) is 0 Å². The molecule has 0 fully saturated rings. The van der Waals surface area contributed by atoms with Gasteiger partial charge in [0.05, 0.1) is 17.7 Å². The fourth-order valence-electron chi connectivity index (χ4n) is 3.51. The van der Waals surface area contributed by atoms with Crippen molar-refractivity contribution in [2.45, 2.75) is 46.5 Å². The molecule has 0 saturated heterocycles. The number of amides is 1. The fourth-order valence-corrected chi connectivity index (χ4v) is 3.51. The van der Waals surface area contributed by atoms with Gasteiger partial charge in [0.1, 0.15) is 0 Å². The average Bonchev–Trinajstić information content (AvgIpc) is 2.60. The summed E-state index contributed by atoms with van der Waals surface area (Å²) in [4.78, 5) is 19.6. The Morgan fingerprint density at radius 1 is 1.21 bits per heavy atom. The van der Waals surface area contributed by atoms with Crippen molar-refractivity contribution in [1.82, 2.24) is 9.88 Å². The van der Waals surface area contributed by atoms with E-state index in [1.807, 2.05) is 0 Å². The van der Waals surface area contributed by atoms with Crippen LogP contribution in [0.1, 0.15) is 43.5 Å². The van der Waals surface area contributed by atoms with Crippen LogP contribution in [-0.4, -0.2) is 35.4 Å². The molecular formula is C20H27N3O. The van der Waals surface area contributed by atoms with Gasteiger partial charge in [-0.2, -0.15) is 0 Å². The highest BCUT2D eigenvalue weighted by Gasteiger charge is 2.20. The van der Waals surface area contributed by atoms with Crippen molar-refractivity contribution in [1.29, 1.82) is 0 Å². The van der Waals surface area contributed by atoms with Crippen LogP contribution in [0.25, 0.3) is 10.9 Å². The molecular weight excluding hydrogens is 298 g/mol. The van der Waals surface area contributed by atoms with E-state index in [1.54, 1.807) is 0 Å². The molecule has 24 heavy (non-hydrogen) atoms. The summed E-state index contributed by atoms with van der Waals surface area (Å²) in [5.41, 5.74) is 5.58. The highest BCUT2D eigenvalue weighted by Crippen LogP contribution is 2.33. The Kier molecular flexibility index (Phi) is 5.14. The maximum atomic E-state index is 12.6. The summed E-state index contributed by atoms with van der Waals surface area (Å²) in [6.07, 6.45) is 4.38. The largest absolute Gasteiger partial charge is 0.324 e. The van der Waals surface area contributed by atoms with Crippen molar-refractivity contribution < 1.29 is 4.79 Å². The van der Waals surface area contributed by atoms with Crippen LogP contribution in [-0.2, 0) is 17.6 Å². The number of carbonyl (C=O) groups excluding carboxylic acids is 1. The topological polar surface area (TPSA) is 45.2 Å². The van der Waals surface area contributed by atoms with E-state index in [0.717, 1.165) is 48.2 Å². The molecule has 1 heterocycles. The summed E-state index contributed by atoms with van der Waals surface area (Å²) in [5.74, 6) is 0.0699. The van der Waals surface area contributed by atoms with E-state index >= 15 is 0 Å². The average molecular weight is 325 g/mol. The molecule has 0 saturated carbocycles. The maximum Gasteiger partial charge on any atom is 0.238 e. The third-order valence-corrected chi connectivity index (χ3v) is 4.94. The predicted molar refractivity (Wildman–Crippen MR) is 99.5 cm³/mol. The van der Waals surface area contributed by atoms with Gasteiger partial charge in [-0.3, -0.25) is 14.7 Å². The summed E-state index contributed by atoms with van der Waals surface area (Å²) in [7, 11) is 0. The van der Waals surface area contributed by atoms with Gasteiger partial charge in [-0.15, -0.1) is 0 Å². The number of fused-ring (bicyclic) bond motifs is 2. The van der Waals surface area contributed by atoms with Crippen molar-refractivity contribution in [2.24, 2.45) is 0 Å². The summed E-state index contributed by atoms with van der Waals surface area (Å²) in [5, 5.41) is 4.29. The normalized spacial score (nSPS) is 14.0. The van der Waals surface area contributed by atoms with Crippen LogP contribution in [0.15, 0.2) is 18.2 Å². The molecule has 1 amide bonds. The minimum Gasteiger partial charge on any atom is -0.324 e. The molecule has 3 rings (SSSR count). The molecule has 2 aromatic rings.